The summed E-state index contributed by atoms with van der Waals surface area (Å²) in [5, 5.41) is 0. The largest absolute Gasteiger partial charge is 0.380 e. The third kappa shape index (κ3) is 3.87. The quantitative estimate of drug-likeness (QED) is 0.898. The molecule has 3 rings (SSSR count). The number of rotatable bonds is 5. The van der Waals surface area contributed by atoms with Gasteiger partial charge in [0.05, 0.1) is 17.8 Å². The van der Waals surface area contributed by atoms with Crippen LogP contribution in [0, 0.1) is 20.8 Å². The first kappa shape index (κ1) is 17.5. The highest BCUT2D eigenvalue weighted by Crippen LogP contribution is 2.33. The zero-order chi connectivity index (χ0) is 18.0. The number of imidazole rings is 1. The van der Waals surface area contributed by atoms with E-state index in [4.69, 9.17) is 4.74 Å². The van der Waals surface area contributed by atoms with Gasteiger partial charge in [0.15, 0.2) is 0 Å². The van der Waals surface area contributed by atoms with E-state index in [1.165, 1.54) is 0 Å². The number of aromatic amines is 1. The SMILES string of the molecule is CO[C@@H]1C[C@@H](c2nc(C)c(C)[nH]2)N(C(=O)CCc2ccnc(C)n2)C1. The highest BCUT2D eigenvalue weighted by Gasteiger charge is 2.37. The first-order chi connectivity index (χ1) is 12.0. The topological polar surface area (TPSA) is 84.0 Å². The Morgan fingerprint density at radius 2 is 2.16 bits per heavy atom. The second-order valence-corrected chi connectivity index (χ2v) is 6.58. The van der Waals surface area contributed by atoms with E-state index in [9.17, 15) is 4.79 Å². The molecule has 0 spiro atoms. The van der Waals surface area contributed by atoms with Crippen molar-refractivity contribution >= 4 is 5.91 Å². The van der Waals surface area contributed by atoms with Gasteiger partial charge in [-0.3, -0.25) is 4.79 Å². The third-order valence-corrected chi connectivity index (χ3v) is 4.81. The van der Waals surface area contributed by atoms with Crippen LogP contribution in [0.3, 0.4) is 0 Å². The average molecular weight is 343 g/mol. The molecule has 1 aliphatic rings. The Balaban J connectivity index is 1.72. The van der Waals surface area contributed by atoms with Crippen molar-refractivity contribution in [3.63, 3.8) is 0 Å². The van der Waals surface area contributed by atoms with Crippen LogP contribution in [0.4, 0.5) is 0 Å². The number of nitrogens with one attached hydrogen (secondary N) is 1. The van der Waals surface area contributed by atoms with Crippen LogP contribution in [-0.4, -0.2) is 50.5 Å². The third-order valence-electron chi connectivity index (χ3n) is 4.81. The number of hydrogen-bond acceptors (Lipinski definition) is 5. The molecular formula is C18H25N5O2. The summed E-state index contributed by atoms with van der Waals surface area (Å²) >= 11 is 0. The van der Waals surface area contributed by atoms with Gasteiger partial charge < -0.3 is 14.6 Å². The maximum Gasteiger partial charge on any atom is 0.223 e. The van der Waals surface area contributed by atoms with Crippen molar-refractivity contribution in [2.24, 2.45) is 0 Å². The second kappa shape index (κ2) is 7.31. The molecule has 7 nitrogen and oxygen atoms in total. The van der Waals surface area contributed by atoms with Crippen molar-refractivity contribution in [3.05, 3.63) is 41.0 Å². The van der Waals surface area contributed by atoms with Crippen LogP contribution >= 0.6 is 0 Å². The molecule has 0 aromatic carbocycles. The van der Waals surface area contributed by atoms with Crippen LogP contribution in [0.15, 0.2) is 12.3 Å². The predicted octanol–water partition coefficient (Wildman–Crippen LogP) is 2.05. The van der Waals surface area contributed by atoms with Crippen LogP contribution < -0.4 is 0 Å². The van der Waals surface area contributed by atoms with E-state index >= 15 is 0 Å². The molecule has 1 N–H and O–H groups in total. The van der Waals surface area contributed by atoms with E-state index in [0.29, 0.717) is 19.4 Å². The van der Waals surface area contributed by atoms with Gasteiger partial charge in [0, 0.05) is 44.1 Å². The lowest BCUT2D eigenvalue weighted by Crippen LogP contribution is -2.32. The van der Waals surface area contributed by atoms with Gasteiger partial charge in [-0.05, 0) is 33.3 Å². The van der Waals surface area contributed by atoms with Crippen LogP contribution in [0.1, 0.15) is 47.6 Å². The van der Waals surface area contributed by atoms with Gasteiger partial charge in [-0.1, -0.05) is 0 Å². The Morgan fingerprint density at radius 3 is 2.80 bits per heavy atom. The zero-order valence-corrected chi connectivity index (χ0v) is 15.2. The van der Waals surface area contributed by atoms with Crippen molar-refractivity contribution in [2.45, 2.75) is 52.2 Å². The van der Waals surface area contributed by atoms with Crippen molar-refractivity contribution in [1.29, 1.82) is 0 Å². The molecule has 1 fully saturated rings. The van der Waals surface area contributed by atoms with Crippen molar-refractivity contribution in [3.8, 4) is 0 Å². The molecule has 2 aromatic rings. The maximum absolute atomic E-state index is 12.8. The Bertz CT molecular complexity index is 738. The number of carbonyl (C=O) groups excluding carboxylic acids is 1. The fourth-order valence-corrected chi connectivity index (χ4v) is 3.26. The van der Waals surface area contributed by atoms with Gasteiger partial charge >= 0.3 is 0 Å². The lowest BCUT2D eigenvalue weighted by molar-refractivity contribution is -0.132. The lowest BCUT2D eigenvalue weighted by atomic mass is 10.1. The Hall–Kier alpha value is -2.28. The van der Waals surface area contributed by atoms with E-state index < -0.39 is 0 Å². The number of ether oxygens (including phenoxy) is 1. The van der Waals surface area contributed by atoms with Gasteiger partial charge in [-0.2, -0.15) is 0 Å². The van der Waals surface area contributed by atoms with Crippen LogP contribution in [-0.2, 0) is 16.0 Å². The van der Waals surface area contributed by atoms with Crippen molar-refractivity contribution in [2.75, 3.05) is 13.7 Å². The standard InChI is InChI=1S/C18H25N5O2/c1-11-12(2)21-18(20-11)16-9-15(25-4)10-23(16)17(24)6-5-14-7-8-19-13(3)22-14/h7-8,15-16H,5-6,9-10H2,1-4H3,(H,20,21)/t15-,16+/m1/s1. The van der Waals surface area contributed by atoms with Gasteiger partial charge in [0.25, 0.3) is 0 Å². The number of likely N-dealkylation sites (tertiary alicyclic amines) is 1. The summed E-state index contributed by atoms with van der Waals surface area (Å²) in [4.78, 5) is 31.1. The molecule has 0 saturated carbocycles. The number of aryl methyl sites for hydroxylation is 4. The Kier molecular flexibility index (Phi) is 5.13. The fraction of sp³-hybridized carbons (Fsp3) is 0.556. The minimum absolute atomic E-state index is 0.0426. The summed E-state index contributed by atoms with van der Waals surface area (Å²) < 4.78 is 5.50. The summed E-state index contributed by atoms with van der Waals surface area (Å²) in [6, 6.07) is 1.80. The van der Waals surface area contributed by atoms with E-state index in [2.05, 4.69) is 19.9 Å². The maximum atomic E-state index is 12.8. The number of methoxy groups -OCH3 is 1. The monoisotopic (exact) mass is 343 g/mol. The smallest absolute Gasteiger partial charge is 0.223 e. The highest BCUT2D eigenvalue weighted by molar-refractivity contribution is 5.77. The molecule has 1 aliphatic heterocycles. The number of H-pyrrole nitrogens is 1. The first-order valence-electron chi connectivity index (χ1n) is 8.61. The Labute approximate surface area is 147 Å². The van der Waals surface area contributed by atoms with Gasteiger partial charge in [-0.25, -0.2) is 15.0 Å². The fourth-order valence-electron chi connectivity index (χ4n) is 3.26. The van der Waals surface area contributed by atoms with Crippen LogP contribution in [0.5, 0.6) is 0 Å². The molecule has 134 valence electrons. The number of nitrogens with zero attached hydrogens (tertiary/aromatic N) is 4. The molecule has 1 amide bonds. The summed E-state index contributed by atoms with van der Waals surface area (Å²) in [7, 11) is 1.69. The molecule has 7 heteroatoms. The molecule has 1 saturated heterocycles. The van der Waals surface area contributed by atoms with E-state index in [1.807, 2.05) is 31.7 Å². The average Bonchev–Trinajstić information content (AvgIpc) is 3.16. The van der Waals surface area contributed by atoms with Crippen molar-refractivity contribution < 1.29 is 9.53 Å². The number of amides is 1. The molecule has 2 aromatic heterocycles. The molecule has 2 atom stereocenters. The summed E-state index contributed by atoms with van der Waals surface area (Å²) in [6.07, 6.45) is 3.57. The van der Waals surface area contributed by atoms with Gasteiger partial charge in [0.2, 0.25) is 5.91 Å². The highest BCUT2D eigenvalue weighted by atomic mass is 16.5. The molecule has 0 aliphatic carbocycles. The Morgan fingerprint density at radius 1 is 1.36 bits per heavy atom. The molecule has 0 bridgehead atoms. The number of aromatic nitrogens is 4. The second-order valence-electron chi connectivity index (χ2n) is 6.58. The first-order valence-corrected chi connectivity index (χ1v) is 8.61. The van der Waals surface area contributed by atoms with Gasteiger partial charge in [0.1, 0.15) is 11.6 Å². The minimum Gasteiger partial charge on any atom is -0.380 e. The normalized spacial score (nSPS) is 20.2. The van der Waals surface area contributed by atoms with E-state index in [0.717, 1.165) is 35.2 Å². The van der Waals surface area contributed by atoms with Crippen LogP contribution in [0.2, 0.25) is 0 Å². The molecule has 0 radical (unpaired) electrons. The molecule has 0 unspecified atom stereocenters. The lowest BCUT2D eigenvalue weighted by Gasteiger charge is -2.23. The van der Waals surface area contributed by atoms with Crippen LogP contribution in [0.25, 0.3) is 0 Å². The van der Waals surface area contributed by atoms with E-state index in [-0.39, 0.29) is 18.1 Å². The van der Waals surface area contributed by atoms with Crippen molar-refractivity contribution in [1.82, 2.24) is 24.8 Å². The zero-order valence-electron chi connectivity index (χ0n) is 15.2. The predicted molar refractivity (Wildman–Crippen MR) is 93.0 cm³/mol. The van der Waals surface area contributed by atoms with E-state index in [1.54, 1.807) is 13.3 Å². The minimum atomic E-state index is -0.0583. The number of hydrogen-bond donors (Lipinski definition) is 1. The molecule has 3 heterocycles. The van der Waals surface area contributed by atoms with Gasteiger partial charge in [-0.15, -0.1) is 0 Å². The molecular weight excluding hydrogens is 318 g/mol. The summed E-state index contributed by atoms with van der Waals surface area (Å²) in [5.74, 6) is 1.68. The summed E-state index contributed by atoms with van der Waals surface area (Å²) in [6.45, 7) is 6.42. The summed E-state index contributed by atoms with van der Waals surface area (Å²) in [5.41, 5.74) is 2.91. The molecule has 25 heavy (non-hydrogen) atoms. The number of carbonyl (C=O) groups is 1.